The van der Waals surface area contributed by atoms with Gasteiger partial charge in [0.05, 0.1) is 29.8 Å². The standard InChI is InChI=1S/C31H34F2N6O2/c32-31(33)9-7-30(8-10-31)16-26(30)29(41)37-20-28(40)39-13-11-38(12-14-39)21-25-15-24(18-35)5-6-27(25)36-19-23-3-1-22(17-34)2-4-23/h1-6,15,26,36H,7-14,16,19-21H2,(H,37,41). The second-order valence-corrected chi connectivity index (χ2v) is 11.5. The molecule has 2 aliphatic carbocycles. The summed E-state index contributed by atoms with van der Waals surface area (Å²) in [4.78, 5) is 29.4. The molecule has 3 aliphatic rings. The smallest absolute Gasteiger partial charge is 0.248 e. The van der Waals surface area contributed by atoms with E-state index in [2.05, 4.69) is 27.7 Å². The van der Waals surface area contributed by atoms with Crippen LogP contribution in [0.5, 0.6) is 0 Å². The molecule has 3 fully saturated rings. The van der Waals surface area contributed by atoms with Gasteiger partial charge in [-0.25, -0.2) is 8.78 Å². The lowest BCUT2D eigenvalue weighted by atomic mass is 9.82. The lowest BCUT2D eigenvalue weighted by molar-refractivity contribution is -0.135. The van der Waals surface area contributed by atoms with Crippen molar-refractivity contribution in [2.24, 2.45) is 11.3 Å². The van der Waals surface area contributed by atoms with Crippen molar-refractivity contribution in [1.82, 2.24) is 15.1 Å². The number of anilines is 1. The Morgan fingerprint density at radius 2 is 1.59 bits per heavy atom. The van der Waals surface area contributed by atoms with E-state index in [1.165, 1.54) is 0 Å². The number of benzene rings is 2. The van der Waals surface area contributed by atoms with Crippen molar-refractivity contribution < 1.29 is 18.4 Å². The number of nitrogens with zero attached hydrogens (tertiary/aromatic N) is 4. The van der Waals surface area contributed by atoms with E-state index in [-0.39, 0.29) is 42.5 Å². The zero-order valence-corrected chi connectivity index (χ0v) is 23.0. The van der Waals surface area contributed by atoms with Crippen LogP contribution in [-0.2, 0) is 22.7 Å². The second kappa shape index (κ2) is 11.8. The Morgan fingerprint density at radius 1 is 0.927 bits per heavy atom. The topological polar surface area (TPSA) is 112 Å². The number of nitriles is 2. The van der Waals surface area contributed by atoms with E-state index < -0.39 is 5.92 Å². The SMILES string of the molecule is N#Cc1ccc(CNc2ccc(C#N)cc2CN2CCN(C(=O)CNC(=O)C3CC34CCC(F)(F)CC4)CC2)cc1. The molecule has 1 saturated heterocycles. The number of rotatable bonds is 8. The van der Waals surface area contributed by atoms with E-state index in [1.807, 2.05) is 24.3 Å². The molecule has 0 aromatic heterocycles. The average Bonchev–Trinajstić information content (AvgIpc) is 3.71. The van der Waals surface area contributed by atoms with Gasteiger partial charge < -0.3 is 15.5 Å². The molecule has 1 spiro atoms. The van der Waals surface area contributed by atoms with Crippen LogP contribution in [0.2, 0.25) is 0 Å². The number of hydrogen-bond donors (Lipinski definition) is 2. The number of nitrogens with one attached hydrogen (secondary N) is 2. The normalized spacial score (nSPS) is 21.0. The van der Waals surface area contributed by atoms with Gasteiger partial charge in [-0.15, -0.1) is 0 Å². The van der Waals surface area contributed by atoms with E-state index >= 15 is 0 Å². The van der Waals surface area contributed by atoms with Gasteiger partial charge in [0.15, 0.2) is 0 Å². The predicted octanol–water partition coefficient (Wildman–Crippen LogP) is 4.02. The van der Waals surface area contributed by atoms with Gasteiger partial charge in [0.1, 0.15) is 0 Å². The fourth-order valence-corrected chi connectivity index (χ4v) is 6.04. The van der Waals surface area contributed by atoms with Crippen LogP contribution in [0.1, 0.15) is 54.4 Å². The van der Waals surface area contributed by atoms with Crippen molar-refractivity contribution >= 4 is 17.5 Å². The van der Waals surface area contributed by atoms with Crippen LogP contribution in [0.3, 0.4) is 0 Å². The summed E-state index contributed by atoms with van der Waals surface area (Å²) in [6, 6.07) is 17.3. The maximum atomic E-state index is 13.5. The van der Waals surface area contributed by atoms with Crippen LogP contribution in [0, 0.1) is 34.0 Å². The van der Waals surface area contributed by atoms with Crippen LogP contribution in [-0.4, -0.2) is 60.3 Å². The molecule has 1 unspecified atom stereocenters. The summed E-state index contributed by atoms with van der Waals surface area (Å²) < 4.78 is 27.0. The van der Waals surface area contributed by atoms with Gasteiger partial charge in [-0.2, -0.15) is 10.5 Å². The van der Waals surface area contributed by atoms with Gasteiger partial charge in [-0.1, -0.05) is 12.1 Å². The third-order valence-corrected chi connectivity index (χ3v) is 8.82. The Balaban J connectivity index is 1.09. The molecule has 8 nitrogen and oxygen atoms in total. The van der Waals surface area contributed by atoms with Crippen LogP contribution in [0.4, 0.5) is 14.5 Å². The number of carbonyl (C=O) groups is 2. The second-order valence-electron chi connectivity index (χ2n) is 11.5. The Hall–Kier alpha value is -4.02. The minimum Gasteiger partial charge on any atom is -0.381 e. The van der Waals surface area contributed by atoms with E-state index in [9.17, 15) is 23.6 Å². The molecule has 2 amide bonds. The molecular weight excluding hydrogens is 526 g/mol. The fourth-order valence-electron chi connectivity index (χ4n) is 6.04. The van der Waals surface area contributed by atoms with Gasteiger partial charge in [-0.05, 0) is 66.1 Å². The summed E-state index contributed by atoms with van der Waals surface area (Å²) in [6.45, 7) is 3.50. The van der Waals surface area contributed by atoms with Crippen LogP contribution < -0.4 is 10.6 Å². The van der Waals surface area contributed by atoms with Gasteiger partial charge in [-0.3, -0.25) is 14.5 Å². The van der Waals surface area contributed by atoms with Crippen molar-refractivity contribution in [2.45, 2.75) is 51.1 Å². The van der Waals surface area contributed by atoms with Crippen LogP contribution in [0.25, 0.3) is 0 Å². The first-order chi connectivity index (χ1) is 19.7. The molecule has 2 aromatic carbocycles. The van der Waals surface area contributed by atoms with E-state index in [0.717, 1.165) is 16.8 Å². The highest BCUT2D eigenvalue weighted by Crippen LogP contribution is 2.63. The molecule has 1 heterocycles. The summed E-state index contributed by atoms with van der Waals surface area (Å²) >= 11 is 0. The number of hydrogen-bond acceptors (Lipinski definition) is 6. The molecule has 5 rings (SSSR count). The summed E-state index contributed by atoms with van der Waals surface area (Å²) in [5.41, 5.74) is 3.85. The maximum absolute atomic E-state index is 13.5. The highest BCUT2D eigenvalue weighted by molar-refractivity contribution is 5.88. The fraction of sp³-hybridized carbons (Fsp3) is 0.484. The molecule has 1 atom stereocenters. The number of piperazine rings is 1. The minimum absolute atomic E-state index is 0.0742. The lowest BCUT2D eigenvalue weighted by Gasteiger charge is -2.35. The summed E-state index contributed by atoms with van der Waals surface area (Å²) in [7, 11) is 0. The first kappa shape index (κ1) is 28.5. The monoisotopic (exact) mass is 560 g/mol. The summed E-state index contributed by atoms with van der Waals surface area (Å²) in [5, 5.41) is 24.6. The van der Waals surface area contributed by atoms with Gasteiger partial charge in [0.2, 0.25) is 17.7 Å². The molecule has 2 aromatic rings. The largest absolute Gasteiger partial charge is 0.381 e. The zero-order chi connectivity index (χ0) is 29.0. The number of amides is 2. The molecule has 2 saturated carbocycles. The minimum atomic E-state index is -2.62. The van der Waals surface area contributed by atoms with Crippen molar-refractivity contribution in [3.05, 3.63) is 64.7 Å². The van der Waals surface area contributed by atoms with Crippen molar-refractivity contribution in [1.29, 1.82) is 10.5 Å². The molecule has 2 N–H and O–H groups in total. The Bertz CT molecular complexity index is 1360. The van der Waals surface area contributed by atoms with E-state index in [1.54, 1.807) is 23.1 Å². The third-order valence-electron chi connectivity index (χ3n) is 8.82. The Labute approximate surface area is 238 Å². The predicted molar refractivity (Wildman–Crippen MR) is 148 cm³/mol. The van der Waals surface area contributed by atoms with Crippen molar-refractivity contribution in [2.75, 3.05) is 38.0 Å². The zero-order valence-electron chi connectivity index (χ0n) is 23.0. The van der Waals surface area contributed by atoms with Crippen molar-refractivity contribution in [3.63, 3.8) is 0 Å². The molecule has 41 heavy (non-hydrogen) atoms. The van der Waals surface area contributed by atoms with Gasteiger partial charge in [0.25, 0.3) is 0 Å². The van der Waals surface area contributed by atoms with Gasteiger partial charge in [0, 0.05) is 63.7 Å². The van der Waals surface area contributed by atoms with Crippen LogP contribution in [0.15, 0.2) is 42.5 Å². The summed E-state index contributed by atoms with van der Waals surface area (Å²) in [6.07, 6.45) is 1.07. The first-order valence-electron chi connectivity index (χ1n) is 14.1. The summed E-state index contributed by atoms with van der Waals surface area (Å²) in [5.74, 6) is -3.21. The third kappa shape index (κ3) is 6.83. The number of alkyl halides is 2. The first-order valence-corrected chi connectivity index (χ1v) is 14.1. The molecule has 0 bridgehead atoms. The van der Waals surface area contributed by atoms with E-state index in [4.69, 9.17) is 5.26 Å². The number of halogens is 2. The highest BCUT2D eigenvalue weighted by Gasteiger charge is 2.60. The van der Waals surface area contributed by atoms with Crippen LogP contribution >= 0.6 is 0 Å². The number of carbonyl (C=O) groups excluding carboxylic acids is 2. The highest BCUT2D eigenvalue weighted by atomic mass is 19.3. The molecule has 214 valence electrons. The Morgan fingerprint density at radius 3 is 2.24 bits per heavy atom. The average molecular weight is 561 g/mol. The molecular formula is C31H34F2N6O2. The van der Waals surface area contributed by atoms with E-state index in [0.29, 0.717) is 69.7 Å². The molecule has 0 radical (unpaired) electrons. The maximum Gasteiger partial charge on any atom is 0.248 e. The lowest BCUT2D eigenvalue weighted by Crippen LogP contribution is -2.51. The quantitative estimate of drug-likeness (QED) is 0.505. The molecule has 10 heteroatoms. The molecule has 1 aliphatic heterocycles. The van der Waals surface area contributed by atoms with Crippen molar-refractivity contribution in [3.8, 4) is 12.1 Å². The van der Waals surface area contributed by atoms with Gasteiger partial charge >= 0.3 is 0 Å². The Kier molecular flexibility index (Phi) is 8.23.